The van der Waals surface area contributed by atoms with Crippen molar-refractivity contribution < 1.29 is 28.6 Å². The number of piperidine rings is 1. The first-order valence-corrected chi connectivity index (χ1v) is 27.1. The lowest BCUT2D eigenvalue weighted by atomic mass is 9.92. The van der Waals surface area contributed by atoms with Crippen LogP contribution in [-0.4, -0.2) is 62.3 Å². The molecule has 0 bridgehead atoms. The maximum absolute atomic E-state index is 13.3. The molecule has 7 heteroatoms. The van der Waals surface area contributed by atoms with Gasteiger partial charge in [0, 0.05) is 19.4 Å². The first-order valence-electron chi connectivity index (χ1n) is 27.1. The molecule has 1 aliphatic rings. The zero-order valence-corrected chi connectivity index (χ0v) is 41.2. The molecule has 0 aromatic heterocycles. The predicted octanol–water partition coefficient (Wildman–Crippen LogP) is 15.7. The highest BCUT2D eigenvalue weighted by Crippen LogP contribution is 2.24. The Balaban J connectivity index is 2.29. The maximum atomic E-state index is 13.3. The summed E-state index contributed by atoms with van der Waals surface area (Å²) in [6, 6.07) is 0. The number of esters is 3. The highest BCUT2D eigenvalue weighted by atomic mass is 16.5. The topological polar surface area (TPSA) is 82.1 Å². The number of hydrogen-bond acceptors (Lipinski definition) is 7. The molecule has 61 heavy (non-hydrogen) atoms. The Kier molecular flexibility index (Phi) is 41.0. The maximum Gasteiger partial charge on any atom is 0.308 e. The number of hydrogen-bond donors (Lipinski definition) is 0. The van der Waals surface area contributed by atoms with E-state index in [9.17, 15) is 14.4 Å². The van der Waals surface area contributed by atoms with E-state index in [1.165, 1.54) is 148 Å². The second kappa shape index (κ2) is 43.6. The van der Waals surface area contributed by atoms with Gasteiger partial charge in [-0.25, -0.2) is 0 Å². The quantitative estimate of drug-likeness (QED) is 0.0343. The zero-order valence-electron chi connectivity index (χ0n) is 41.2. The van der Waals surface area contributed by atoms with Gasteiger partial charge in [-0.05, 0) is 82.7 Å². The second-order valence-corrected chi connectivity index (χ2v) is 19.2. The summed E-state index contributed by atoms with van der Waals surface area (Å²) in [5.74, 6) is 1.35. The van der Waals surface area contributed by atoms with Crippen molar-refractivity contribution >= 4 is 17.9 Å². The van der Waals surface area contributed by atoms with Crippen LogP contribution in [0.5, 0.6) is 0 Å². The van der Waals surface area contributed by atoms with Crippen LogP contribution in [0, 0.1) is 17.8 Å². The minimum atomic E-state index is -0.0336. The van der Waals surface area contributed by atoms with Crippen molar-refractivity contribution in [3.8, 4) is 0 Å². The van der Waals surface area contributed by atoms with Crippen LogP contribution in [0.3, 0.4) is 0 Å². The van der Waals surface area contributed by atoms with Gasteiger partial charge in [0.25, 0.3) is 0 Å². The number of carbonyl (C=O) groups is 3. The molecule has 7 nitrogen and oxygen atoms in total. The third kappa shape index (κ3) is 36.4. The van der Waals surface area contributed by atoms with Crippen molar-refractivity contribution in [2.75, 3.05) is 39.5 Å². The lowest BCUT2D eigenvalue weighted by Crippen LogP contribution is -2.31. The Labute approximate surface area is 379 Å². The van der Waals surface area contributed by atoms with Gasteiger partial charge in [0.15, 0.2) is 0 Å². The number of nitrogens with zero attached hydrogens (tertiary/aromatic N) is 1. The average Bonchev–Trinajstić information content (AvgIpc) is 3.26. The van der Waals surface area contributed by atoms with Gasteiger partial charge in [0.05, 0.1) is 25.7 Å². The Hall–Kier alpha value is -1.63. The Morgan fingerprint density at radius 1 is 0.393 bits per heavy atom. The molecule has 0 amide bonds. The highest BCUT2D eigenvalue weighted by Gasteiger charge is 2.20. The van der Waals surface area contributed by atoms with E-state index in [1.807, 2.05) is 0 Å². The Morgan fingerprint density at radius 3 is 1.18 bits per heavy atom. The van der Waals surface area contributed by atoms with Crippen molar-refractivity contribution in [2.45, 2.75) is 272 Å². The summed E-state index contributed by atoms with van der Waals surface area (Å²) in [4.78, 5) is 40.6. The summed E-state index contributed by atoms with van der Waals surface area (Å²) in [6.07, 6.45) is 43.2. The van der Waals surface area contributed by atoms with Gasteiger partial charge >= 0.3 is 17.9 Å². The number of ether oxygens (including phenoxy) is 3. The van der Waals surface area contributed by atoms with E-state index in [0.29, 0.717) is 44.5 Å². The minimum absolute atomic E-state index is 0.00768. The minimum Gasteiger partial charge on any atom is -0.466 e. The monoisotopic (exact) mass is 862 g/mol. The number of unbranched alkanes of at least 4 members (excludes halogenated alkanes) is 18. The van der Waals surface area contributed by atoms with Gasteiger partial charge in [0.2, 0.25) is 0 Å². The highest BCUT2D eigenvalue weighted by molar-refractivity contribution is 5.72. The first-order chi connectivity index (χ1) is 29.9. The van der Waals surface area contributed by atoms with Crippen LogP contribution in [0.4, 0.5) is 0 Å². The normalized spacial score (nSPS) is 13.9. The van der Waals surface area contributed by atoms with E-state index in [0.717, 1.165) is 103 Å². The van der Waals surface area contributed by atoms with Crippen LogP contribution in [0.1, 0.15) is 272 Å². The zero-order chi connectivity index (χ0) is 44.3. The fraction of sp³-hybridized carbons (Fsp3) is 0.944. The van der Waals surface area contributed by atoms with Crippen molar-refractivity contribution in [3.05, 3.63) is 0 Å². The molecule has 1 unspecified atom stereocenters. The molecular weight excluding hydrogens is 759 g/mol. The standard InChI is InChI=1S/C54H103NO6/c1-5-9-22-33-49(34-23-10-6-2)41-47-59-52(56)39-28-19-15-13-14-17-26-37-51(54(58)61-46-32-45-55-43-30-21-31-44-55)38-27-18-16-20-29-40-53(57)60-48-42-50(35-24-11-7-3)36-25-12-8-4/h49-51H,5-48H2,1-4H3. The molecular formula is C54H103NO6. The molecule has 0 saturated carbocycles. The molecule has 0 aliphatic carbocycles. The summed E-state index contributed by atoms with van der Waals surface area (Å²) in [7, 11) is 0. The van der Waals surface area contributed by atoms with Crippen LogP contribution in [0.25, 0.3) is 0 Å². The second-order valence-electron chi connectivity index (χ2n) is 19.2. The van der Waals surface area contributed by atoms with E-state index in [4.69, 9.17) is 14.2 Å². The van der Waals surface area contributed by atoms with E-state index >= 15 is 0 Å². The summed E-state index contributed by atoms with van der Waals surface area (Å²) in [5, 5.41) is 0. The largest absolute Gasteiger partial charge is 0.466 e. The van der Waals surface area contributed by atoms with Crippen molar-refractivity contribution in [2.24, 2.45) is 17.8 Å². The van der Waals surface area contributed by atoms with Gasteiger partial charge in [-0.1, -0.05) is 201 Å². The summed E-state index contributed by atoms with van der Waals surface area (Å²) < 4.78 is 17.2. The molecule has 360 valence electrons. The molecule has 0 aromatic rings. The molecule has 0 aromatic carbocycles. The summed E-state index contributed by atoms with van der Waals surface area (Å²) >= 11 is 0. The first kappa shape index (κ1) is 57.4. The fourth-order valence-electron chi connectivity index (χ4n) is 9.30. The molecule has 1 saturated heterocycles. The van der Waals surface area contributed by atoms with Gasteiger partial charge in [-0.2, -0.15) is 0 Å². The predicted molar refractivity (Wildman–Crippen MR) is 258 cm³/mol. The summed E-state index contributed by atoms with van der Waals surface area (Å²) in [5.41, 5.74) is 0. The number of likely N-dealkylation sites (tertiary alicyclic amines) is 1. The smallest absolute Gasteiger partial charge is 0.308 e. The molecule has 1 atom stereocenters. The molecule has 1 rings (SSSR count). The molecule has 0 radical (unpaired) electrons. The van der Waals surface area contributed by atoms with E-state index in [1.54, 1.807) is 0 Å². The van der Waals surface area contributed by atoms with Crippen LogP contribution >= 0.6 is 0 Å². The summed E-state index contributed by atoms with van der Waals surface area (Å²) in [6.45, 7) is 14.1. The van der Waals surface area contributed by atoms with Crippen molar-refractivity contribution in [1.29, 1.82) is 0 Å². The Morgan fingerprint density at radius 2 is 0.770 bits per heavy atom. The fourth-order valence-corrected chi connectivity index (χ4v) is 9.30. The molecule has 1 aliphatic heterocycles. The van der Waals surface area contributed by atoms with E-state index in [2.05, 4.69) is 32.6 Å². The van der Waals surface area contributed by atoms with Gasteiger partial charge in [0.1, 0.15) is 0 Å². The van der Waals surface area contributed by atoms with Crippen molar-refractivity contribution in [3.63, 3.8) is 0 Å². The molecule has 0 spiro atoms. The average molecular weight is 862 g/mol. The van der Waals surface area contributed by atoms with Crippen LogP contribution in [0.15, 0.2) is 0 Å². The molecule has 1 fully saturated rings. The van der Waals surface area contributed by atoms with Gasteiger partial charge in [-0.15, -0.1) is 0 Å². The SMILES string of the molecule is CCCCCC(CCCCC)CCOC(=O)CCCCCCCCCC(CCCCCCCC(=O)OCCC(CCCCC)CCCCC)C(=O)OCCCN1CCCCC1. The Bertz CT molecular complexity index is 963. The van der Waals surface area contributed by atoms with Gasteiger partial charge < -0.3 is 19.1 Å². The van der Waals surface area contributed by atoms with Crippen LogP contribution < -0.4 is 0 Å². The van der Waals surface area contributed by atoms with E-state index < -0.39 is 0 Å². The molecule has 0 N–H and O–H groups in total. The third-order valence-electron chi connectivity index (χ3n) is 13.5. The van der Waals surface area contributed by atoms with Gasteiger partial charge in [-0.3, -0.25) is 14.4 Å². The lowest BCUT2D eigenvalue weighted by Gasteiger charge is -2.26. The molecule has 1 heterocycles. The number of rotatable bonds is 45. The van der Waals surface area contributed by atoms with Crippen molar-refractivity contribution in [1.82, 2.24) is 4.90 Å². The van der Waals surface area contributed by atoms with E-state index in [-0.39, 0.29) is 23.8 Å². The third-order valence-corrected chi connectivity index (χ3v) is 13.5. The van der Waals surface area contributed by atoms with Crippen LogP contribution in [-0.2, 0) is 28.6 Å². The lowest BCUT2D eigenvalue weighted by molar-refractivity contribution is -0.149. The number of carbonyl (C=O) groups excluding carboxylic acids is 3. The van der Waals surface area contributed by atoms with Crippen LogP contribution in [0.2, 0.25) is 0 Å².